The normalized spacial score (nSPS) is 14.9. The number of rotatable bonds is 0. The van der Waals surface area contributed by atoms with Crippen molar-refractivity contribution in [3.05, 3.63) is 100 Å². The largest absolute Gasteiger partial charge is 0.194 e. The summed E-state index contributed by atoms with van der Waals surface area (Å²) in [5, 5.41) is 2.33. The number of fused-ring (bicyclic) bond motifs is 10. The molecule has 4 aromatic rings. The van der Waals surface area contributed by atoms with Crippen molar-refractivity contribution < 1.29 is 0 Å². The smallest absolute Gasteiger partial charge is 0.169 e. The van der Waals surface area contributed by atoms with E-state index in [4.69, 9.17) is 0 Å². The zero-order valence-electron chi connectivity index (χ0n) is 13.5. The van der Waals surface area contributed by atoms with Crippen molar-refractivity contribution in [1.29, 1.82) is 0 Å². The molecule has 2 aliphatic rings. The van der Waals surface area contributed by atoms with Crippen LogP contribution in [0.25, 0.3) is 22.3 Å². The standard InChI is InChI=1S/C23H13S.Al/c1-4-10-19-15(7-1)16-8-2-5-11-20(16)23(19)21-12-6-3-9-17(21)18-13-24-14-22(18)23;/h1-13H;. The van der Waals surface area contributed by atoms with Gasteiger partial charge in [-0.3, -0.25) is 0 Å². The van der Waals surface area contributed by atoms with Gasteiger partial charge in [0.15, 0.2) is 16.3 Å². The van der Waals surface area contributed by atoms with E-state index in [0.29, 0.717) is 0 Å². The summed E-state index contributed by atoms with van der Waals surface area (Å²) >= 11 is 4.84. The fraction of sp³-hybridized carbons (Fsp3) is 0.0435. The summed E-state index contributed by atoms with van der Waals surface area (Å²) in [5.74, 6) is 0. The van der Waals surface area contributed by atoms with Crippen molar-refractivity contribution in [2.75, 3.05) is 0 Å². The molecule has 0 aliphatic heterocycles. The molecule has 6 rings (SSSR count). The number of benzene rings is 3. The van der Waals surface area contributed by atoms with Crippen molar-refractivity contribution in [3.63, 3.8) is 0 Å². The van der Waals surface area contributed by atoms with E-state index in [1.54, 1.807) is 0 Å². The molecule has 2 heteroatoms. The Morgan fingerprint density at radius 1 is 0.600 bits per heavy atom. The molecule has 1 spiro atoms. The lowest BCUT2D eigenvalue weighted by molar-refractivity contribution is 0.801. The van der Waals surface area contributed by atoms with Crippen LogP contribution in [-0.4, -0.2) is 16.3 Å². The number of hydrogen-bond acceptors (Lipinski definition) is 1. The minimum Gasteiger partial charge on any atom is -0.169 e. The Balaban J connectivity index is 1.90. The minimum atomic E-state index is -0.170. The van der Waals surface area contributed by atoms with Gasteiger partial charge in [0, 0.05) is 0 Å². The molecule has 0 atom stereocenters. The second-order valence-corrected chi connectivity index (χ2v) is 8.68. The molecule has 0 unspecified atom stereocenters. The molecular weight excluding hydrogens is 335 g/mol. The summed E-state index contributed by atoms with van der Waals surface area (Å²) < 4.78 is 1.35. The lowest BCUT2D eigenvalue weighted by atomic mass is 9.71. The van der Waals surface area contributed by atoms with Crippen molar-refractivity contribution >= 4 is 31.4 Å². The van der Waals surface area contributed by atoms with Crippen LogP contribution in [0.4, 0.5) is 0 Å². The summed E-state index contributed by atoms with van der Waals surface area (Å²) in [6, 6.07) is 26.8. The number of thiophene rings is 1. The first-order valence-electron chi connectivity index (χ1n) is 8.50. The molecule has 0 nitrogen and oxygen atoms in total. The maximum absolute atomic E-state index is 2.99. The van der Waals surface area contributed by atoms with Crippen LogP contribution in [-0.2, 0) is 5.41 Å². The minimum absolute atomic E-state index is 0.170. The Morgan fingerprint density at radius 3 is 1.56 bits per heavy atom. The van der Waals surface area contributed by atoms with Gasteiger partial charge in [0.2, 0.25) is 0 Å². The van der Waals surface area contributed by atoms with Crippen LogP contribution in [0, 0.1) is 0 Å². The topological polar surface area (TPSA) is 0 Å². The van der Waals surface area contributed by atoms with Crippen molar-refractivity contribution in [2.24, 2.45) is 0 Å². The van der Waals surface area contributed by atoms with Crippen LogP contribution in [0.1, 0.15) is 22.3 Å². The van der Waals surface area contributed by atoms with Crippen LogP contribution >= 0.6 is 11.3 Å². The molecule has 0 bridgehead atoms. The van der Waals surface area contributed by atoms with Crippen molar-refractivity contribution in [3.8, 4) is 22.3 Å². The summed E-state index contributed by atoms with van der Waals surface area (Å²) in [4.78, 5) is 0. The first-order valence-corrected chi connectivity index (χ1v) is 9.96. The fourth-order valence-electron chi connectivity index (χ4n) is 4.93. The first-order chi connectivity index (χ1) is 12.3. The highest BCUT2D eigenvalue weighted by Crippen LogP contribution is 2.62. The average Bonchev–Trinajstić information content (AvgIpc) is 3.28. The van der Waals surface area contributed by atoms with Crippen LogP contribution in [0.15, 0.2) is 78.2 Å². The van der Waals surface area contributed by atoms with E-state index >= 15 is 0 Å². The molecule has 0 saturated heterocycles. The van der Waals surface area contributed by atoms with Gasteiger partial charge in [0.1, 0.15) is 0 Å². The third-order valence-electron chi connectivity index (χ3n) is 5.77. The highest BCUT2D eigenvalue weighted by Gasteiger charge is 2.52. The quantitative estimate of drug-likeness (QED) is 0.343. The van der Waals surface area contributed by atoms with Gasteiger partial charge in [-0.25, -0.2) is 0 Å². The Labute approximate surface area is 159 Å². The van der Waals surface area contributed by atoms with Crippen LogP contribution in [0.5, 0.6) is 0 Å². The zero-order chi connectivity index (χ0) is 16.6. The summed E-state index contributed by atoms with van der Waals surface area (Å²) in [6.07, 6.45) is 0. The molecule has 0 N–H and O–H groups in total. The van der Waals surface area contributed by atoms with Gasteiger partial charge < -0.3 is 0 Å². The monoisotopic (exact) mass is 348 g/mol. The van der Waals surface area contributed by atoms with Gasteiger partial charge >= 0.3 is 0 Å². The average molecular weight is 348 g/mol. The molecule has 114 valence electrons. The van der Waals surface area contributed by atoms with E-state index in [-0.39, 0.29) is 5.41 Å². The van der Waals surface area contributed by atoms with E-state index in [1.165, 1.54) is 48.2 Å². The van der Waals surface area contributed by atoms with E-state index < -0.39 is 0 Å². The summed E-state index contributed by atoms with van der Waals surface area (Å²) in [7, 11) is 0. The Morgan fingerprint density at radius 2 is 1.04 bits per heavy atom. The molecule has 2 radical (unpaired) electrons. The Kier molecular flexibility index (Phi) is 2.67. The maximum atomic E-state index is 2.99. The van der Waals surface area contributed by atoms with E-state index in [2.05, 4.69) is 94.5 Å². The molecule has 2 aliphatic carbocycles. The Bertz CT molecular complexity index is 1120. The first kappa shape index (κ1) is 14.1. The van der Waals surface area contributed by atoms with Gasteiger partial charge in [0.05, 0.1) is 5.41 Å². The van der Waals surface area contributed by atoms with Gasteiger partial charge in [-0.2, -0.15) is 11.3 Å². The third kappa shape index (κ3) is 1.50. The SMILES string of the molecule is [Al][c]1scc2c1C1(c3ccccc3-c3ccccc31)c1ccccc1-2. The van der Waals surface area contributed by atoms with E-state index in [0.717, 1.165) is 0 Å². The fourth-order valence-corrected chi connectivity index (χ4v) is 6.38. The van der Waals surface area contributed by atoms with Crippen LogP contribution in [0.2, 0.25) is 0 Å². The lowest BCUT2D eigenvalue weighted by Gasteiger charge is -2.31. The summed E-state index contributed by atoms with van der Waals surface area (Å²) in [5.41, 5.74) is 11.1. The molecule has 0 fully saturated rings. The van der Waals surface area contributed by atoms with E-state index in [1.807, 2.05) is 11.3 Å². The Hall–Kier alpha value is -2.11. The van der Waals surface area contributed by atoms with Crippen molar-refractivity contribution in [1.82, 2.24) is 0 Å². The second kappa shape index (κ2) is 4.74. The van der Waals surface area contributed by atoms with Crippen LogP contribution in [0.3, 0.4) is 0 Å². The highest BCUT2D eigenvalue weighted by atomic mass is 32.1. The molecule has 3 aromatic carbocycles. The van der Waals surface area contributed by atoms with Crippen molar-refractivity contribution in [2.45, 2.75) is 5.41 Å². The maximum Gasteiger partial charge on any atom is 0.194 e. The van der Waals surface area contributed by atoms with Gasteiger partial charge in [-0.15, -0.1) is 0 Å². The number of hydrogen-bond donors (Lipinski definition) is 0. The predicted octanol–water partition coefficient (Wildman–Crippen LogP) is 4.89. The molecule has 1 heterocycles. The second-order valence-electron chi connectivity index (χ2n) is 6.78. The van der Waals surface area contributed by atoms with Gasteiger partial charge in [-0.1, -0.05) is 76.5 Å². The molecule has 0 saturated carbocycles. The van der Waals surface area contributed by atoms with Gasteiger partial charge in [-0.05, 0) is 49.9 Å². The molecular formula is C23H13AlS. The molecule has 25 heavy (non-hydrogen) atoms. The highest BCUT2D eigenvalue weighted by molar-refractivity contribution is 7.19. The molecule has 0 amide bonds. The van der Waals surface area contributed by atoms with Gasteiger partial charge in [0.25, 0.3) is 0 Å². The van der Waals surface area contributed by atoms with E-state index in [9.17, 15) is 0 Å². The lowest BCUT2D eigenvalue weighted by Crippen LogP contribution is -2.30. The predicted molar refractivity (Wildman–Crippen MR) is 106 cm³/mol. The zero-order valence-corrected chi connectivity index (χ0v) is 15.5. The van der Waals surface area contributed by atoms with Crippen LogP contribution < -0.4 is 3.74 Å². The summed E-state index contributed by atoms with van der Waals surface area (Å²) in [6.45, 7) is 0. The molecule has 1 aromatic heterocycles. The third-order valence-corrected chi connectivity index (χ3v) is 7.28.